The van der Waals surface area contributed by atoms with Crippen molar-refractivity contribution in [2.75, 3.05) is 43.6 Å². The lowest BCUT2D eigenvalue weighted by atomic mass is 9.87. The Morgan fingerprint density at radius 3 is 2.83 bits per heavy atom. The van der Waals surface area contributed by atoms with Crippen LogP contribution < -0.4 is 15.0 Å². The number of aryl methyl sites for hydroxylation is 2. The van der Waals surface area contributed by atoms with Crippen LogP contribution in [-0.2, 0) is 11.8 Å². The molecule has 180 valence electrons. The van der Waals surface area contributed by atoms with E-state index in [1.54, 1.807) is 18.0 Å². The van der Waals surface area contributed by atoms with Crippen LogP contribution in [0.1, 0.15) is 18.5 Å². The second-order valence-corrected chi connectivity index (χ2v) is 9.48. The lowest BCUT2D eigenvalue weighted by Crippen LogP contribution is -2.28. The fourth-order valence-electron chi connectivity index (χ4n) is 5.15. The summed E-state index contributed by atoms with van der Waals surface area (Å²) in [6.07, 6.45) is 5.82. The number of rotatable bonds is 5. The van der Waals surface area contributed by atoms with Gasteiger partial charge in [0.15, 0.2) is 5.82 Å². The number of ether oxygens (including phenoxy) is 2. The second-order valence-electron chi connectivity index (χ2n) is 9.48. The molecule has 2 aliphatic heterocycles. The van der Waals surface area contributed by atoms with Crippen molar-refractivity contribution in [2.24, 2.45) is 12.5 Å². The monoisotopic (exact) mass is 472 g/mol. The Hall–Kier alpha value is -3.79. The molecule has 1 unspecified atom stereocenters. The highest BCUT2D eigenvalue weighted by atomic mass is 16.5. The van der Waals surface area contributed by atoms with Gasteiger partial charge in [-0.15, -0.1) is 5.10 Å². The molecule has 3 aromatic heterocycles. The third kappa shape index (κ3) is 3.93. The van der Waals surface area contributed by atoms with Crippen molar-refractivity contribution in [1.29, 1.82) is 0 Å². The van der Waals surface area contributed by atoms with Gasteiger partial charge in [0, 0.05) is 55.0 Å². The minimum Gasteiger partial charge on any atom is -0.495 e. The minimum atomic E-state index is 0.240. The van der Waals surface area contributed by atoms with Crippen molar-refractivity contribution < 1.29 is 9.47 Å². The molecular formula is C25H28N8O2. The van der Waals surface area contributed by atoms with Crippen LogP contribution in [-0.4, -0.2) is 63.4 Å². The summed E-state index contributed by atoms with van der Waals surface area (Å²) in [5.74, 6) is 2.09. The maximum atomic E-state index is 5.72. The number of hydrogen-bond donors (Lipinski definition) is 1. The first-order valence-electron chi connectivity index (χ1n) is 11.8. The number of pyridine rings is 1. The molecule has 1 N–H and O–H groups in total. The normalized spacial score (nSPS) is 19.7. The minimum absolute atomic E-state index is 0.240. The van der Waals surface area contributed by atoms with E-state index >= 15 is 0 Å². The number of benzene rings is 1. The predicted molar refractivity (Wildman–Crippen MR) is 133 cm³/mol. The molecule has 6 rings (SSSR count). The van der Waals surface area contributed by atoms with Crippen LogP contribution in [0.25, 0.3) is 22.2 Å². The number of anilines is 3. The molecule has 0 radical (unpaired) electrons. The van der Waals surface area contributed by atoms with Gasteiger partial charge in [-0.25, -0.2) is 19.6 Å². The van der Waals surface area contributed by atoms with Crippen LogP contribution in [0, 0.1) is 12.3 Å². The average molecular weight is 473 g/mol. The van der Waals surface area contributed by atoms with Crippen LogP contribution in [0.3, 0.4) is 0 Å². The molecule has 1 aromatic carbocycles. The van der Waals surface area contributed by atoms with Crippen molar-refractivity contribution in [1.82, 2.24) is 29.9 Å². The molecule has 2 fully saturated rings. The standard InChI is InChI=1S/C25H28N8O2/c1-16-10-18-12-26-24(29-19-5-4-17(11-21(19)34-3)20-13-27-31-32(20)2)30-22(18)23(28-16)33-8-6-25(14-33)7-9-35-15-25/h4-5,10-13H,6-9,14-15H2,1-3H3,(H,26,29,30). The van der Waals surface area contributed by atoms with E-state index in [2.05, 4.69) is 25.5 Å². The van der Waals surface area contributed by atoms with E-state index in [9.17, 15) is 0 Å². The number of nitrogens with one attached hydrogen (secondary N) is 1. The molecule has 35 heavy (non-hydrogen) atoms. The summed E-state index contributed by atoms with van der Waals surface area (Å²) in [6.45, 7) is 5.61. The van der Waals surface area contributed by atoms with E-state index < -0.39 is 0 Å². The fraction of sp³-hybridized carbons (Fsp3) is 0.400. The van der Waals surface area contributed by atoms with Crippen molar-refractivity contribution in [2.45, 2.75) is 19.8 Å². The van der Waals surface area contributed by atoms with E-state index in [0.29, 0.717) is 11.7 Å². The largest absolute Gasteiger partial charge is 0.495 e. The molecule has 5 heterocycles. The summed E-state index contributed by atoms with van der Waals surface area (Å²) < 4.78 is 13.1. The first-order valence-corrected chi connectivity index (χ1v) is 11.8. The maximum Gasteiger partial charge on any atom is 0.227 e. The summed E-state index contributed by atoms with van der Waals surface area (Å²) in [5.41, 5.74) is 4.68. The summed E-state index contributed by atoms with van der Waals surface area (Å²) in [7, 11) is 3.51. The van der Waals surface area contributed by atoms with Gasteiger partial charge < -0.3 is 19.7 Å². The van der Waals surface area contributed by atoms with Crippen LogP contribution >= 0.6 is 0 Å². The molecule has 10 nitrogen and oxygen atoms in total. The van der Waals surface area contributed by atoms with Crippen LogP contribution in [0.5, 0.6) is 5.75 Å². The van der Waals surface area contributed by atoms with Gasteiger partial charge in [-0.3, -0.25) is 0 Å². The highest BCUT2D eigenvalue weighted by molar-refractivity contribution is 5.89. The quantitative estimate of drug-likeness (QED) is 0.467. The summed E-state index contributed by atoms with van der Waals surface area (Å²) in [4.78, 5) is 16.7. The van der Waals surface area contributed by atoms with Gasteiger partial charge in [0.1, 0.15) is 11.3 Å². The third-order valence-corrected chi connectivity index (χ3v) is 7.06. The number of nitrogens with zero attached hydrogens (tertiary/aromatic N) is 7. The molecule has 0 amide bonds. The van der Waals surface area contributed by atoms with Crippen molar-refractivity contribution >= 4 is 28.4 Å². The Balaban J connectivity index is 1.33. The molecule has 0 bridgehead atoms. The van der Waals surface area contributed by atoms with Crippen LogP contribution in [0.15, 0.2) is 36.7 Å². The van der Waals surface area contributed by atoms with Crippen LogP contribution in [0.2, 0.25) is 0 Å². The number of methoxy groups -OCH3 is 1. The van der Waals surface area contributed by atoms with Gasteiger partial charge in [0.25, 0.3) is 0 Å². The third-order valence-electron chi connectivity index (χ3n) is 7.06. The predicted octanol–water partition coefficient (Wildman–Crippen LogP) is 3.50. The van der Waals surface area contributed by atoms with E-state index in [1.807, 2.05) is 44.4 Å². The first-order chi connectivity index (χ1) is 17.0. The lowest BCUT2D eigenvalue weighted by Gasteiger charge is -2.23. The zero-order valence-corrected chi connectivity index (χ0v) is 20.2. The van der Waals surface area contributed by atoms with Gasteiger partial charge >= 0.3 is 0 Å². The summed E-state index contributed by atoms with van der Waals surface area (Å²) in [5, 5.41) is 12.3. The molecule has 10 heteroatoms. The van der Waals surface area contributed by atoms with Crippen molar-refractivity contribution in [3.63, 3.8) is 0 Å². The first kappa shape index (κ1) is 21.7. The highest BCUT2D eigenvalue weighted by Gasteiger charge is 2.42. The second kappa shape index (κ2) is 8.46. The lowest BCUT2D eigenvalue weighted by molar-refractivity contribution is 0.160. The zero-order valence-electron chi connectivity index (χ0n) is 20.2. The van der Waals surface area contributed by atoms with E-state index in [4.69, 9.17) is 19.4 Å². The van der Waals surface area contributed by atoms with E-state index in [0.717, 1.165) is 78.5 Å². The molecule has 0 aliphatic carbocycles. The zero-order chi connectivity index (χ0) is 24.0. The molecule has 0 saturated carbocycles. The molecule has 1 spiro atoms. The Morgan fingerprint density at radius 1 is 1.14 bits per heavy atom. The van der Waals surface area contributed by atoms with Crippen molar-refractivity contribution in [3.8, 4) is 17.0 Å². The molecule has 2 aliphatic rings. The molecular weight excluding hydrogens is 444 g/mol. The summed E-state index contributed by atoms with van der Waals surface area (Å²) in [6, 6.07) is 7.93. The maximum absolute atomic E-state index is 5.72. The van der Waals surface area contributed by atoms with Gasteiger partial charge in [-0.1, -0.05) is 11.3 Å². The average Bonchev–Trinajstić information content (AvgIpc) is 3.61. The van der Waals surface area contributed by atoms with Crippen molar-refractivity contribution in [3.05, 3.63) is 42.4 Å². The van der Waals surface area contributed by atoms with E-state index in [-0.39, 0.29) is 5.41 Å². The Kier molecular flexibility index (Phi) is 5.25. The number of hydrogen-bond acceptors (Lipinski definition) is 9. The van der Waals surface area contributed by atoms with E-state index in [1.165, 1.54) is 0 Å². The molecule has 2 saturated heterocycles. The summed E-state index contributed by atoms with van der Waals surface area (Å²) >= 11 is 0. The molecule has 4 aromatic rings. The van der Waals surface area contributed by atoms with Gasteiger partial charge in [-0.2, -0.15) is 0 Å². The topological polar surface area (TPSA) is 103 Å². The molecule has 1 atom stereocenters. The number of aromatic nitrogens is 6. The van der Waals surface area contributed by atoms with Gasteiger partial charge in [0.05, 0.1) is 31.3 Å². The highest BCUT2D eigenvalue weighted by Crippen LogP contribution is 2.41. The Labute approximate surface area is 203 Å². The van der Waals surface area contributed by atoms with Crippen LogP contribution in [0.4, 0.5) is 17.5 Å². The SMILES string of the molecule is COc1cc(-c2cnnn2C)ccc1Nc1ncc2cc(C)nc(N3CCC4(CCOC4)C3)c2n1. The Morgan fingerprint density at radius 2 is 2.06 bits per heavy atom. The van der Waals surface area contributed by atoms with Gasteiger partial charge in [-0.05, 0) is 38.0 Å². The smallest absolute Gasteiger partial charge is 0.227 e. The number of fused-ring (bicyclic) bond motifs is 1. The van der Waals surface area contributed by atoms with Gasteiger partial charge in [0.2, 0.25) is 5.95 Å². The fourth-order valence-corrected chi connectivity index (χ4v) is 5.15. The Bertz CT molecular complexity index is 1400.